The van der Waals surface area contributed by atoms with E-state index in [0.717, 1.165) is 13.1 Å². The predicted molar refractivity (Wildman–Crippen MR) is 60.5 cm³/mol. The summed E-state index contributed by atoms with van der Waals surface area (Å²) in [5, 5.41) is 6.62. The minimum Gasteiger partial charge on any atom is -0.352 e. The molecule has 2 N–H and O–H groups in total. The second-order valence-electron chi connectivity index (χ2n) is 6.19. The summed E-state index contributed by atoms with van der Waals surface area (Å²) in [5.41, 5.74) is 0.332. The van der Waals surface area contributed by atoms with Crippen molar-refractivity contribution in [1.29, 1.82) is 0 Å². The third kappa shape index (κ3) is 1.89. The molecule has 2 aliphatic heterocycles. The van der Waals surface area contributed by atoms with E-state index < -0.39 is 0 Å². The van der Waals surface area contributed by atoms with Crippen molar-refractivity contribution in [3.8, 4) is 0 Å². The quantitative estimate of drug-likeness (QED) is 0.632. The van der Waals surface area contributed by atoms with Crippen LogP contribution in [-0.2, 0) is 4.79 Å². The van der Waals surface area contributed by atoms with Crippen LogP contribution in [-0.4, -0.2) is 25.0 Å². The number of rotatable bonds is 0. The fraction of sp³-hybridized carbons (Fsp3) is 0.917. The first-order valence-electron chi connectivity index (χ1n) is 5.94. The Labute approximate surface area is 92.0 Å². The first kappa shape index (κ1) is 10.9. The summed E-state index contributed by atoms with van der Waals surface area (Å²) < 4.78 is 0. The minimum atomic E-state index is 0.158. The smallest absolute Gasteiger partial charge is 0.220 e. The molecule has 2 unspecified atom stereocenters. The molecule has 0 aromatic heterocycles. The maximum Gasteiger partial charge on any atom is 0.220 e. The zero-order valence-corrected chi connectivity index (χ0v) is 10.0. The molecule has 0 radical (unpaired) electrons. The Hall–Kier alpha value is -0.570. The summed E-state index contributed by atoms with van der Waals surface area (Å²) in [5.74, 6) is 0.235. The Morgan fingerprint density at radius 3 is 2.67 bits per heavy atom. The fourth-order valence-electron chi connectivity index (χ4n) is 3.31. The van der Waals surface area contributed by atoms with Gasteiger partial charge in [0.25, 0.3) is 0 Å². The number of nitrogens with one attached hydrogen (secondary N) is 2. The summed E-state index contributed by atoms with van der Waals surface area (Å²) in [6, 6.07) is 0.324. The summed E-state index contributed by atoms with van der Waals surface area (Å²) in [6.45, 7) is 8.76. The second-order valence-corrected chi connectivity index (χ2v) is 6.19. The molecule has 2 heterocycles. The van der Waals surface area contributed by atoms with Gasteiger partial charge in [-0.05, 0) is 24.8 Å². The maximum absolute atomic E-state index is 11.6. The third-order valence-corrected chi connectivity index (χ3v) is 3.80. The fourth-order valence-corrected chi connectivity index (χ4v) is 3.31. The Bertz CT molecular complexity index is 261. The molecule has 3 nitrogen and oxygen atoms in total. The maximum atomic E-state index is 11.6. The Morgan fingerprint density at radius 1 is 1.40 bits per heavy atom. The molecule has 1 spiro atoms. The third-order valence-electron chi connectivity index (χ3n) is 3.80. The summed E-state index contributed by atoms with van der Waals surface area (Å²) in [6.07, 6.45) is 3.09. The lowest BCUT2D eigenvalue weighted by atomic mass is 9.66. The molecule has 3 heteroatoms. The van der Waals surface area contributed by atoms with Gasteiger partial charge in [-0.25, -0.2) is 0 Å². The summed E-state index contributed by atoms with van der Waals surface area (Å²) in [4.78, 5) is 11.6. The molecule has 0 bridgehead atoms. The largest absolute Gasteiger partial charge is 0.352 e. The molecule has 2 aliphatic rings. The lowest BCUT2D eigenvalue weighted by Gasteiger charge is -2.44. The van der Waals surface area contributed by atoms with E-state index in [1.165, 1.54) is 12.8 Å². The number of piperidine rings is 1. The van der Waals surface area contributed by atoms with Gasteiger partial charge in [-0.3, -0.25) is 4.79 Å². The Morgan fingerprint density at radius 2 is 2.13 bits per heavy atom. The van der Waals surface area contributed by atoms with Crippen LogP contribution in [0.3, 0.4) is 0 Å². The highest BCUT2D eigenvalue weighted by atomic mass is 16.2. The molecule has 0 aliphatic carbocycles. The van der Waals surface area contributed by atoms with Gasteiger partial charge in [0, 0.05) is 24.4 Å². The van der Waals surface area contributed by atoms with Gasteiger partial charge in [0.1, 0.15) is 0 Å². The van der Waals surface area contributed by atoms with Gasteiger partial charge in [0.05, 0.1) is 0 Å². The van der Waals surface area contributed by atoms with Crippen molar-refractivity contribution in [2.24, 2.45) is 10.8 Å². The van der Waals surface area contributed by atoms with Crippen molar-refractivity contribution >= 4 is 5.91 Å². The molecule has 2 fully saturated rings. The van der Waals surface area contributed by atoms with E-state index in [-0.39, 0.29) is 16.7 Å². The van der Waals surface area contributed by atoms with Gasteiger partial charge >= 0.3 is 0 Å². The molecule has 86 valence electrons. The van der Waals surface area contributed by atoms with Crippen molar-refractivity contribution in [2.45, 2.75) is 46.1 Å². The number of hydrogen-bond acceptors (Lipinski definition) is 2. The van der Waals surface area contributed by atoms with Crippen LogP contribution in [0.4, 0.5) is 0 Å². The topological polar surface area (TPSA) is 41.1 Å². The van der Waals surface area contributed by atoms with Crippen molar-refractivity contribution < 1.29 is 4.79 Å². The molecule has 2 saturated heterocycles. The van der Waals surface area contributed by atoms with Gasteiger partial charge in [-0.1, -0.05) is 20.8 Å². The molecular formula is C12H22N2O. The molecule has 0 aromatic rings. The first-order chi connectivity index (χ1) is 6.94. The lowest BCUT2D eigenvalue weighted by Crippen LogP contribution is -2.53. The standard InChI is InChI=1S/C12H22N2O/c1-11(2,3)10-12(7-9(15)14-10)5-4-6-13-8-12/h10,13H,4-8H2,1-3H3,(H,14,15). The molecule has 0 saturated carbocycles. The van der Waals surface area contributed by atoms with E-state index in [2.05, 4.69) is 31.4 Å². The number of hydrogen-bond donors (Lipinski definition) is 2. The van der Waals surface area contributed by atoms with E-state index in [4.69, 9.17) is 0 Å². The summed E-state index contributed by atoms with van der Waals surface area (Å²) >= 11 is 0. The SMILES string of the molecule is CC(C)(C)C1NC(=O)CC12CCCNC2. The van der Waals surface area contributed by atoms with Crippen LogP contribution in [0.1, 0.15) is 40.0 Å². The zero-order chi connectivity index (χ0) is 11.1. The minimum absolute atomic E-state index is 0.158. The van der Waals surface area contributed by atoms with E-state index in [1.54, 1.807) is 0 Å². The van der Waals surface area contributed by atoms with Crippen molar-refractivity contribution in [1.82, 2.24) is 10.6 Å². The molecule has 1 amide bonds. The average molecular weight is 210 g/mol. The number of carbonyl (C=O) groups excluding carboxylic acids is 1. The van der Waals surface area contributed by atoms with Crippen LogP contribution < -0.4 is 10.6 Å². The highest BCUT2D eigenvalue weighted by Gasteiger charge is 2.51. The van der Waals surface area contributed by atoms with Crippen molar-refractivity contribution in [3.63, 3.8) is 0 Å². The number of amides is 1. The van der Waals surface area contributed by atoms with Gasteiger partial charge in [0.2, 0.25) is 5.91 Å². The van der Waals surface area contributed by atoms with Crippen LogP contribution in [0.15, 0.2) is 0 Å². The molecule has 2 atom stereocenters. The monoisotopic (exact) mass is 210 g/mol. The summed E-state index contributed by atoms with van der Waals surface area (Å²) in [7, 11) is 0. The van der Waals surface area contributed by atoms with Crippen molar-refractivity contribution in [2.75, 3.05) is 13.1 Å². The highest BCUT2D eigenvalue weighted by molar-refractivity contribution is 5.80. The van der Waals surface area contributed by atoms with E-state index in [1.807, 2.05) is 0 Å². The average Bonchev–Trinajstić information content (AvgIpc) is 2.43. The molecule has 15 heavy (non-hydrogen) atoms. The normalized spacial score (nSPS) is 37.0. The van der Waals surface area contributed by atoms with Crippen LogP contribution in [0.2, 0.25) is 0 Å². The van der Waals surface area contributed by atoms with Gasteiger partial charge < -0.3 is 10.6 Å². The second kappa shape index (κ2) is 3.48. The van der Waals surface area contributed by atoms with E-state index in [9.17, 15) is 4.79 Å². The molecule has 0 aromatic carbocycles. The predicted octanol–water partition coefficient (Wildman–Crippen LogP) is 1.29. The van der Waals surface area contributed by atoms with E-state index >= 15 is 0 Å². The van der Waals surface area contributed by atoms with Gasteiger partial charge in [-0.15, -0.1) is 0 Å². The van der Waals surface area contributed by atoms with Crippen molar-refractivity contribution in [3.05, 3.63) is 0 Å². The highest BCUT2D eigenvalue weighted by Crippen LogP contribution is 2.44. The number of carbonyl (C=O) groups is 1. The van der Waals surface area contributed by atoms with Gasteiger partial charge in [0.15, 0.2) is 0 Å². The van der Waals surface area contributed by atoms with Crippen LogP contribution in [0.25, 0.3) is 0 Å². The Balaban J connectivity index is 2.24. The van der Waals surface area contributed by atoms with Crippen LogP contribution >= 0.6 is 0 Å². The first-order valence-corrected chi connectivity index (χ1v) is 5.94. The van der Waals surface area contributed by atoms with E-state index in [0.29, 0.717) is 12.5 Å². The zero-order valence-electron chi connectivity index (χ0n) is 10.0. The Kier molecular flexibility index (Phi) is 2.53. The van der Waals surface area contributed by atoms with Gasteiger partial charge in [-0.2, -0.15) is 0 Å². The molecule has 2 rings (SSSR count). The van der Waals surface area contributed by atoms with Crippen LogP contribution in [0, 0.1) is 10.8 Å². The lowest BCUT2D eigenvalue weighted by molar-refractivity contribution is -0.120. The van der Waals surface area contributed by atoms with Crippen LogP contribution in [0.5, 0.6) is 0 Å². The molecular weight excluding hydrogens is 188 g/mol.